The highest BCUT2D eigenvalue weighted by atomic mass is 32.2. The number of fused-ring (bicyclic) bond motifs is 1. The molecule has 5 rings (SSSR count). The molecular formula is C24H33N5O2S. The second-order valence-corrected chi connectivity index (χ2v) is 11.2. The van der Waals surface area contributed by atoms with Gasteiger partial charge in [0.2, 0.25) is 16.0 Å². The minimum Gasteiger partial charge on any atom is -0.356 e. The molecule has 32 heavy (non-hydrogen) atoms. The van der Waals surface area contributed by atoms with Crippen molar-refractivity contribution in [1.82, 2.24) is 14.3 Å². The van der Waals surface area contributed by atoms with E-state index in [2.05, 4.69) is 9.80 Å². The SMILES string of the molecule is Cc1cccc(S(=O)(=O)N2CCc3nc(N4CCCCC4)nc(N4CCCCC4)c3C2)c1. The van der Waals surface area contributed by atoms with Crippen LogP contribution in [0.2, 0.25) is 0 Å². The lowest BCUT2D eigenvalue weighted by Gasteiger charge is -2.36. The van der Waals surface area contributed by atoms with Crippen LogP contribution in [0.15, 0.2) is 29.2 Å². The van der Waals surface area contributed by atoms with Crippen molar-refractivity contribution >= 4 is 21.8 Å². The highest BCUT2D eigenvalue weighted by Gasteiger charge is 2.33. The number of aryl methyl sites for hydroxylation is 1. The van der Waals surface area contributed by atoms with Crippen LogP contribution in [0.3, 0.4) is 0 Å². The Morgan fingerprint density at radius 3 is 2.22 bits per heavy atom. The molecule has 0 spiro atoms. The lowest BCUT2D eigenvalue weighted by atomic mass is 10.1. The summed E-state index contributed by atoms with van der Waals surface area (Å²) in [7, 11) is -3.56. The molecule has 3 aliphatic rings. The molecule has 0 saturated carbocycles. The van der Waals surface area contributed by atoms with E-state index < -0.39 is 10.0 Å². The Kier molecular flexibility index (Phi) is 6.07. The van der Waals surface area contributed by atoms with Crippen LogP contribution >= 0.6 is 0 Å². The van der Waals surface area contributed by atoms with Crippen molar-refractivity contribution in [3.63, 3.8) is 0 Å². The van der Waals surface area contributed by atoms with Gasteiger partial charge >= 0.3 is 0 Å². The highest BCUT2D eigenvalue weighted by Crippen LogP contribution is 2.33. The van der Waals surface area contributed by atoms with Gasteiger partial charge in [-0.25, -0.2) is 13.4 Å². The van der Waals surface area contributed by atoms with E-state index in [9.17, 15) is 8.42 Å². The summed E-state index contributed by atoms with van der Waals surface area (Å²) < 4.78 is 28.4. The number of anilines is 2. The summed E-state index contributed by atoms with van der Waals surface area (Å²) in [6.45, 7) is 6.70. The molecule has 0 radical (unpaired) electrons. The molecule has 0 unspecified atom stereocenters. The van der Waals surface area contributed by atoms with Gasteiger partial charge in [-0.15, -0.1) is 0 Å². The van der Waals surface area contributed by atoms with Crippen LogP contribution in [0.25, 0.3) is 0 Å². The molecule has 0 amide bonds. The zero-order valence-electron chi connectivity index (χ0n) is 19.0. The van der Waals surface area contributed by atoms with Crippen molar-refractivity contribution in [2.75, 3.05) is 42.5 Å². The normalized spacial score (nSPS) is 20.3. The first-order chi connectivity index (χ1) is 15.5. The van der Waals surface area contributed by atoms with Crippen molar-refractivity contribution in [2.45, 2.75) is 63.3 Å². The first-order valence-corrected chi connectivity index (χ1v) is 13.4. The Labute approximate surface area is 191 Å². The van der Waals surface area contributed by atoms with Crippen LogP contribution in [0.1, 0.15) is 55.3 Å². The predicted molar refractivity (Wildman–Crippen MR) is 127 cm³/mol. The highest BCUT2D eigenvalue weighted by molar-refractivity contribution is 7.89. The minimum atomic E-state index is -3.56. The van der Waals surface area contributed by atoms with Gasteiger partial charge < -0.3 is 9.80 Å². The third-order valence-electron chi connectivity index (χ3n) is 6.91. The van der Waals surface area contributed by atoms with E-state index in [-0.39, 0.29) is 0 Å². The van der Waals surface area contributed by atoms with Crippen LogP contribution in [-0.4, -0.2) is 55.4 Å². The summed E-state index contributed by atoms with van der Waals surface area (Å²) in [5.41, 5.74) is 2.97. The number of hydrogen-bond donors (Lipinski definition) is 0. The number of benzene rings is 1. The lowest BCUT2D eigenvalue weighted by molar-refractivity contribution is 0.386. The Morgan fingerprint density at radius 1 is 0.844 bits per heavy atom. The zero-order chi connectivity index (χ0) is 22.1. The van der Waals surface area contributed by atoms with E-state index in [4.69, 9.17) is 9.97 Å². The van der Waals surface area contributed by atoms with Crippen LogP contribution in [0.5, 0.6) is 0 Å². The fourth-order valence-electron chi connectivity index (χ4n) is 5.09. The maximum absolute atomic E-state index is 13.4. The number of piperidine rings is 2. The smallest absolute Gasteiger partial charge is 0.243 e. The third kappa shape index (κ3) is 4.22. The molecule has 3 aliphatic heterocycles. The van der Waals surface area contributed by atoms with Gasteiger partial charge in [0.05, 0.1) is 10.6 Å². The second-order valence-electron chi connectivity index (χ2n) is 9.27. The van der Waals surface area contributed by atoms with Gasteiger partial charge in [-0.2, -0.15) is 9.29 Å². The summed E-state index contributed by atoms with van der Waals surface area (Å²) in [6.07, 6.45) is 7.82. The van der Waals surface area contributed by atoms with Gasteiger partial charge in [0.15, 0.2) is 0 Å². The Bertz CT molecular complexity index is 1080. The molecule has 2 saturated heterocycles. The Morgan fingerprint density at radius 2 is 1.53 bits per heavy atom. The predicted octanol–water partition coefficient (Wildman–Crippen LogP) is 3.51. The molecule has 0 atom stereocenters. The molecule has 0 N–H and O–H groups in total. The first kappa shape index (κ1) is 21.6. The first-order valence-electron chi connectivity index (χ1n) is 12.0. The van der Waals surface area contributed by atoms with E-state index in [1.165, 1.54) is 25.7 Å². The monoisotopic (exact) mass is 455 g/mol. The van der Waals surface area contributed by atoms with E-state index in [1.807, 2.05) is 19.1 Å². The lowest BCUT2D eigenvalue weighted by Crippen LogP contribution is -2.40. The van der Waals surface area contributed by atoms with Crippen molar-refractivity contribution < 1.29 is 8.42 Å². The van der Waals surface area contributed by atoms with Gasteiger partial charge in [-0.05, 0) is 63.1 Å². The van der Waals surface area contributed by atoms with Gasteiger partial charge in [0.25, 0.3) is 0 Å². The Balaban J connectivity index is 1.51. The summed E-state index contributed by atoms with van der Waals surface area (Å²) in [5, 5.41) is 0. The van der Waals surface area contributed by atoms with Gasteiger partial charge in [-0.1, -0.05) is 12.1 Å². The molecule has 0 aliphatic carbocycles. The molecule has 0 bridgehead atoms. The summed E-state index contributed by atoms with van der Waals surface area (Å²) in [4.78, 5) is 15.1. The van der Waals surface area contributed by atoms with Crippen molar-refractivity contribution in [2.24, 2.45) is 0 Å². The average molecular weight is 456 g/mol. The minimum absolute atomic E-state index is 0.345. The van der Waals surface area contributed by atoms with Crippen molar-refractivity contribution in [3.8, 4) is 0 Å². The van der Waals surface area contributed by atoms with E-state index in [0.29, 0.717) is 24.4 Å². The second kappa shape index (κ2) is 8.98. The third-order valence-corrected chi connectivity index (χ3v) is 8.75. The van der Waals surface area contributed by atoms with Gasteiger partial charge in [0, 0.05) is 51.3 Å². The van der Waals surface area contributed by atoms with Crippen LogP contribution in [0, 0.1) is 6.92 Å². The van der Waals surface area contributed by atoms with Crippen molar-refractivity contribution in [1.29, 1.82) is 0 Å². The largest absolute Gasteiger partial charge is 0.356 e. The fraction of sp³-hybridized carbons (Fsp3) is 0.583. The number of aromatic nitrogens is 2. The molecule has 2 aromatic rings. The molecule has 7 nitrogen and oxygen atoms in total. The molecule has 8 heteroatoms. The topological polar surface area (TPSA) is 69.6 Å². The van der Waals surface area contributed by atoms with E-state index in [1.54, 1.807) is 16.4 Å². The fourth-order valence-corrected chi connectivity index (χ4v) is 6.61. The number of rotatable bonds is 4. The number of sulfonamides is 1. The molecular weight excluding hydrogens is 422 g/mol. The van der Waals surface area contributed by atoms with E-state index >= 15 is 0 Å². The quantitative estimate of drug-likeness (QED) is 0.703. The molecule has 172 valence electrons. The summed E-state index contributed by atoms with van der Waals surface area (Å²) in [6, 6.07) is 7.19. The number of nitrogens with zero attached hydrogens (tertiary/aromatic N) is 5. The van der Waals surface area contributed by atoms with Crippen LogP contribution in [0.4, 0.5) is 11.8 Å². The maximum atomic E-state index is 13.4. The molecule has 1 aromatic heterocycles. The van der Waals surface area contributed by atoms with E-state index in [0.717, 1.165) is 67.6 Å². The molecule has 2 fully saturated rings. The molecule has 1 aromatic carbocycles. The van der Waals surface area contributed by atoms with Crippen LogP contribution < -0.4 is 9.80 Å². The van der Waals surface area contributed by atoms with Gasteiger partial charge in [-0.3, -0.25) is 0 Å². The van der Waals surface area contributed by atoms with Crippen molar-refractivity contribution in [3.05, 3.63) is 41.1 Å². The Hall–Kier alpha value is -2.19. The van der Waals surface area contributed by atoms with Crippen LogP contribution in [-0.2, 0) is 23.0 Å². The van der Waals surface area contributed by atoms with Gasteiger partial charge in [0.1, 0.15) is 5.82 Å². The number of hydrogen-bond acceptors (Lipinski definition) is 6. The average Bonchev–Trinajstić information content (AvgIpc) is 2.84. The summed E-state index contributed by atoms with van der Waals surface area (Å²) >= 11 is 0. The zero-order valence-corrected chi connectivity index (χ0v) is 19.8. The standard InChI is InChI=1S/C24H33N5O2S/c1-19-9-8-10-20(17-19)32(30,31)29-16-11-22-21(18-29)23(27-12-4-2-5-13-27)26-24(25-22)28-14-6-3-7-15-28/h8-10,17H,2-7,11-16,18H2,1H3. The molecule has 4 heterocycles. The summed E-state index contributed by atoms with van der Waals surface area (Å²) in [5.74, 6) is 1.79. The maximum Gasteiger partial charge on any atom is 0.243 e.